The fourth-order valence-corrected chi connectivity index (χ4v) is 7.74. The van der Waals surface area contributed by atoms with Gasteiger partial charge in [-0.05, 0) is 65.7 Å². The van der Waals surface area contributed by atoms with E-state index in [4.69, 9.17) is 9.97 Å². The van der Waals surface area contributed by atoms with Gasteiger partial charge in [0.05, 0.1) is 43.7 Å². The minimum atomic E-state index is 0.649. The first-order chi connectivity index (χ1) is 25.2. The third-order valence-corrected chi connectivity index (χ3v) is 10.1. The number of fused-ring (bicyclic) bond motifs is 6. The van der Waals surface area contributed by atoms with Gasteiger partial charge in [0.1, 0.15) is 0 Å². The van der Waals surface area contributed by atoms with Crippen molar-refractivity contribution in [2.45, 2.75) is 0 Å². The van der Waals surface area contributed by atoms with Crippen LogP contribution in [0.25, 0.3) is 88.9 Å². The Balaban J connectivity index is 1.17. The quantitative estimate of drug-likeness (QED) is 0.172. The summed E-state index contributed by atoms with van der Waals surface area (Å²) in [5.41, 5.74) is 11.8. The largest absolute Gasteiger partial charge is 0.309 e. The number of aromatic nitrogens is 4. The highest BCUT2D eigenvalue weighted by molar-refractivity contribution is 6.32. The number of hydrogen-bond acceptors (Lipinski definition) is 2. The second-order valence-corrected chi connectivity index (χ2v) is 13.5. The summed E-state index contributed by atoms with van der Waals surface area (Å²) in [5, 5.41) is 5.84. The first-order valence-electron chi connectivity index (χ1n) is 17.1. The average molecular weight is 666 g/mol. The molecule has 0 aliphatic heterocycles. The summed E-state index contributed by atoms with van der Waals surface area (Å²) in [4.78, 5) is 10.4. The molecule has 3 heterocycles. The lowest BCUT2D eigenvalue weighted by atomic mass is 10.0. The molecule has 0 atom stereocenters. The van der Waals surface area contributed by atoms with E-state index in [2.05, 4.69) is 183 Å². The lowest BCUT2D eigenvalue weighted by molar-refractivity contribution is 0.995. The van der Waals surface area contributed by atoms with E-state index >= 15 is 0 Å². The molecule has 0 aliphatic carbocycles. The molecular formula is C46H29N4Si. The van der Waals surface area contributed by atoms with Gasteiger partial charge in [-0.3, -0.25) is 4.57 Å². The molecule has 0 fully saturated rings. The molecule has 10 rings (SSSR count). The lowest BCUT2D eigenvalue weighted by Crippen LogP contribution is -2.04. The van der Waals surface area contributed by atoms with Crippen molar-refractivity contribution in [3.63, 3.8) is 0 Å². The summed E-state index contributed by atoms with van der Waals surface area (Å²) < 4.78 is 4.56. The van der Waals surface area contributed by atoms with Crippen LogP contribution >= 0.6 is 0 Å². The predicted molar refractivity (Wildman–Crippen MR) is 212 cm³/mol. The number of hydrogen-bond donors (Lipinski definition) is 0. The Hall–Kier alpha value is -6.56. The molecular weight excluding hydrogens is 637 g/mol. The zero-order valence-electron chi connectivity index (χ0n) is 27.5. The average Bonchev–Trinajstić information content (AvgIpc) is 3.71. The summed E-state index contributed by atoms with van der Waals surface area (Å²) in [6, 6.07) is 62.1. The lowest BCUT2D eigenvalue weighted by Gasteiger charge is -2.12. The van der Waals surface area contributed by atoms with Gasteiger partial charge in [-0.2, -0.15) is 0 Å². The van der Waals surface area contributed by atoms with Crippen LogP contribution in [0, 0.1) is 0 Å². The highest BCUT2D eigenvalue weighted by atomic mass is 28.1. The van der Waals surface area contributed by atoms with Crippen molar-refractivity contribution in [3.8, 4) is 45.3 Å². The van der Waals surface area contributed by atoms with Crippen molar-refractivity contribution in [3.05, 3.63) is 176 Å². The SMILES string of the molecule is [Si]c1cccc(-n2c3ccccc3c3cc(-c4ccc5c(c4)c4ccccc4n5-c4nc(-c5ccccc5)cc(-c5ccccc5)n4)ccc32)c1. The van der Waals surface area contributed by atoms with Crippen molar-refractivity contribution in [2.24, 2.45) is 0 Å². The van der Waals surface area contributed by atoms with E-state index < -0.39 is 0 Å². The van der Waals surface area contributed by atoms with Gasteiger partial charge in [-0.15, -0.1) is 0 Å². The van der Waals surface area contributed by atoms with Crippen molar-refractivity contribution in [1.82, 2.24) is 19.1 Å². The molecule has 51 heavy (non-hydrogen) atoms. The summed E-state index contributed by atoms with van der Waals surface area (Å²) in [5.74, 6) is 0.649. The Morgan fingerprint density at radius 1 is 0.353 bits per heavy atom. The monoisotopic (exact) mass is 665 g/mol. The molecule has 0 spiro atoms. The standard InChI is InChI=1S/C46H29N4Si/c51-35-17-11-16-34(28-35)49-42-20-9-7-18-36(42)38-26-32(22-24-44(38)49)33-23-25-45-39(27-33)37-19-8-10-21-43(37)50(45)46-47-40(30-12-3-1-4-13-30)29-41(48-46)31-14-5-2-6-15-31/h1-29H. The second-order valence-electron chi connectivity index (χ2n) is 12.9. The van der Waals surface area contributed by atoms with Gasteiger partial charge in [-0.1, -0.05) is 127 Å². The first-order valence-corrected chi connectivity index (χ1v) is 17.6. The molecule has 0 unspecified atom stereocenters. The van der Waals surface area contributed by atoms with Crippen molar-refractivity contribution in [1.29, 1.82) is 0 Å². The van der Waals surface area contributed by atoms with Crippen LogP contribution in [0.2, 0.25) is 0 Å². The molecule has 0 saturated heterocycles. The Morgan fingerprint density at radius 3 is 1.41 bits per heavy atom. The molecule has 0 N–H and O–H groups in total. The van der Waals surface area contributed by atoms with Gasteiger partial charge in [0.15, 0.2) is 0 Å². The number of rotatable bonds is 5. The van der Waals surface area contributed by atoms with Gasteiger partial charge in [0, 0.05) is 38.4 Å². The fourth-order valence-electron chi connectivity index (χ4n) is 7.49. The molecule has 0 saturated carbocycles. The minimum absolute atomic E-state index is 0.649. The maximum Gasteiger partial charge on any atom is 0.235 e. The van der Waals surface area contributed by atoms with Crippen LogP contribution in [-0.2, 0) is 0 Å². The van der Waals surface area contributed by atoms with Gasteiger partial charge in [-0.25, -0.2) is 9.97 Å². The summed E-state index contributed by atoms with van der Waals surface area (Å²) >= 11 is 0. The summed E-state index contributed by atoms with van der Waals surface area (Å²) in [6.07, 6.45) is 0. The molecule has 4 nitrogen and oxygen atoms in total. The molecule has 0 aliphatic rings. The zero-order valence-corrected chi connectivity index (χ0v) is 28.5. The van der Waals surface area contributed by atoms with Gasteiger partial charge >= 0.3 is 0 Å². The van der Waals surface area contributed by atoms with Crippen LogP contribution in [-0.4, -0.2) is 29.3 Å². The molecule has 7 aromatic carbocycles. The van der Waals surface area contributed by atoms with E-state index in [1.54, 1.807) is 0 Å². The van der Waals surface area contributed by atoms with E-state index in [0.29, 0.717) is 5.95 Å². The van der Waals surface area contributed by atoms with Crippen LogP contribution < -0.4 is 5.19 Å². The molecule has 3 radical (unpaired) electrons. The number of nitrogens with zero attached hydrogens (tertiary/aromatic N) is 4. The molecule has 0 amide bonds. The van der Waals surface area contributed by atoms with Crippen molar-refractivity contribution >= 4 is 59.0 Å². The predicted octanol–water partition coefficient (Wildman–Crippen LogP) is 10.5. The molecule has 0 bridgehead atoms. The Labute approximate surface area is 298 Å². The molecule has 3 aromatic heterocycles. The highest BCUT2D eigenvalue weighted by Gasteiger charge is 2.18. The fraction of sp³-hybridized carbons (Fsp3) is 0. The van der Waals surface area contributed by atoms with E-state index in [9.17, 15) is 0 Å². The van der Waals surface area contributed by atoms with Crippen LogP contribution in [0.4, 0.5) is 0 Å². The van der Waals surface area contributed by atoms with Crippen LogP contribution in [0.5, 0.6) is 0 Å². The van der Waals surface area contributed by atoms with Crippen LogP contribution in [0.15, 0.2) is 176 Å². The van der Waals surface area contributed by atoms with Crippen LogP contribution in [0.3, 0.4) is 0 Å². The van der Waals surface area contributed by atoms with Gasteiger partial charge in [0.25, 0.3) is 0 Å². The normalized spacial score (nSPS) is 11.6. The Kier molecular flexibility index (Phi) is 6.79. The van der Waals surface area contributed by atoms with E-state index in [0.717, 1.165) is 60.8 Å². The molecule has 5 heteroatoms. The van der Waals surface area contributed by atoms with E-state index in [-0.39, 0.29) is 0 Å². The van der Waals surface area contributed by atoms with E-state index in [1.807, 2.05) is 12.1 Å². The smallest absolute Gasteiger partial charge is 0.235 e. The summed E-state index contributed by atoms with van der Waals surface area (Å²) in [7, 11) is 3.73. The molecule has 237 valence electrons. The van der Waals surface area contributed by atoms with E-state index in [1.165, 1.54) is 27.4 Å². The first kappa shape index (κ1) is 29.4. The summed E-state index contributed by atoms with van der Waals surface area (Å²) in [6.45, 7) is 0. The zero-order chi connectivity index (χ0) is 33.9. The maximum atomic E-state index is 5.19. The number of benzene rings is 7. The second kappa shape index (κ2) is 11.8. The maximum absolute atomic E-state index is 5.19. The topological polar surface area (TPSA) is 35.6 Å². The Morgan fingerprint density at radius 2 is 0.843 bits per heavy atom. The number of para-hydroxylation sites is 2. The third-order valence-electron chi connectivity index (χ3n) is 9.84. The molecule has 10 aromatic rings. The van der Waals surface area contributed by atoms with Crippen molar-refractivity contribution < 1.29 is 0 Å². The van der Waals surface area contributed by atoms with Gasteiger partial charge < -0.3 is 4.57 Å². The third kappa shape index (κ3) is 4.89. The minimum Gasteiger partial charge on any atom is -0.309 e. The van der Waals surface area contributed by atoms with Crippen molar-refractivity contribution in [2.75, 3.05) is 0 Å². The van der Waals surface area contributed by atoms with Gasteiger partial charge in [0.2, 0.25) is 5.95 Å². The Bertz CT molecular complexity index is 2870. The van der Waals surface area contributed by atoms with Crippen LogP contribution in [0.1, 0.15) is 0 Å². The highest BCUT2D eigenvalue weighted by Crippen LogP contribution is 2.38.